The summed E-state index contributed by atoms with van der Waals surface area (Å²) in [5, 5.41) is 3.20. The Morgan fingerprint density at radius 1 is 1.04 bits per heavy atom. The first-order valence-electron chi connectivity index (χ1n) is 8.70. The summed E-state index contributed by atoms with van der Waals surface area (Å²) in [5.41, 5.74) is 2.51. The Labute approximate surface area is 143 Å². The molecule has 2 atom stereocenters. The Morgan fingerprint density at radius 3 is 2.38 bits per heavy atom. The van der Waals surface area contributed by atoms with Crippen LogP contribution < -0.4 is 10.1 Å². The molecule has 3 nitrogen and oxygen atoms in total. The fraction of sp³-hybridized carbons (Fsp3) is 0.381. The summed E-state index contributed by atoms with van der Waals surface area (Å²) in [6.45, 7) is 0.757. The van der Waals surface area contributed by atoms with Crippen molar-refractivity contribution in [2.45, 2.75) is 30.6 Å². The molecule has 3 heteroatoms. The van der Waals surface area contributed by atoms with Crippen LogP contribution in [-0.4, -0.2) is 19.6 Å². The molecular weight excluding hydrogens is 298 g/mol. The van der Waals surface area contributed by atoms with Crippen LogP contribution in [-0.2, 0) is 10.2 Å². The summed E-state index contributed by atoms with van der Waals surface area (Å²) in [7, 11) is 1.66. The van der Waals surface area contributed by atoms with Crippen molar-refractivity contribution in [3.05, 3.63) is 65.7 Å². The third-order valence-electron chi connectivity index (χ3n) is 5.69. The van der Waals surface area contributed by atoms with E-state index in [0.29, 0.717) is 5.92 Å². The number of amides is 1. The molecule has 1 saturated heterocycles. The van der Waals surface area contributed by atoms with Gasteiger partial charge in [-0.2, -0.15) is 0 Å². The first kappa shape index (κ1) is 15.3. The second-order valence-corrected chi connectivity index (χ2v) is 7.04. The summed E-state index contributed by atoms with van der Waals surface area (Å²) < 4.78 is 5.24. The fourth-order valence-electron chi connectivity index (χ4n) is 4.18. The van der Waals surface area contributed by atoms with Gasteiger partial charge in [0.2, 0.25) is 5.91 Å². The Balaban J connectivity index is 1.69. The van der Waals surface area contributed by atoms with E-state index >= 15 is 0 Å². The summed E-state index contributed by atoms with van der Waals surface area (Å²) in [4.78, 5) is 12.6. The molecule has 24 heavy (non-hydrogen) atoms. The van der Waals surface area contributed by atoms with E-state index in [2.05, 4.69) is 35.6 Å². The van der Waals surface area contributed by atoms with Crippen molar-refractivity contribution in [2.75, 3.05) is 13.7 Å². The summed E-state index contributed by atoms with van der Waals surface area (Å²) in [6.07, 6.45) is 3.42. The third-order valence-corrected chi connectivity index (χ3v) is 5.69. The van der Waals surface area contributed by atoms with Gasteiger partial charge < -0.3 is 10.1 Å². The molecule has 1 heterocycles. The van der Waals surface area contributed by atoms with Crippen LogP contribution in [0.15, 0.2) is 54.6 Å². The van der Waals surface area contributed by atoms with Crippen LogP contribution in [0.4, 0.5) is 0 Å². The van der Waals surface area contributed by atoms with E-state index in [0.717, 1.165) is 24.3 Å². The zero-order chi connectivity index (χ0) is 16.6. The lowest BCUT2D eigenvalue weighted by Crippen LogP contribution is -2.51. The van der Waals surface area contributed by atoms with E-state index in [9.17, 15) is 4.79 Å². The van der Waals surface area contributed by atoms with Crippen LogP contribution in [0.1, 0.15) is 36.3 Å². The zero-order valence-electron chi connectivity index (χ0n) is 14.0. The highest BCUT2D eigenvalue weighted by molar-refractivity contribution is 5.85. The van der Waals surface area contributed by atoms with Gasteiger partial charge in [0.15, 0.2) is 0 Å². The van der Waals surface area contributed by atoms with Crippen molar-refractivity contribution < 1.29 is 9.53 Å². The molecule has 2 aromatic rings. The highest BCUT2D eigenvalue weighted by Crippen LogP contribution is 2.53. The summed E-state index contributed by atoms with van der Waals surface area (Å²) in [6, 6.07) is 18.7. The van der Waals surface area contributed by atoms with Crippen LogP contribution >= 0.6 is 0 Å². The molecule has 2 fully saturated rings. The molecule has 124 valence electrons. The SMILES string of the molecule is COc1ccc(C2CC(c3ccccc3)(C3CC3)CNC2=O)cc1. The lowest BCUT2D eigenvalue weighted by Gasteiger charge is -2.42. The van der Waals surface area contributed by atoms with E-state index in [1.807, 2.05) is 24.3 Å². The van der Waals surface area contributed by atoms with Gasteiger partial charge in [-0.05, 0) is 48.4 Å². The Hall–Kier alpha value is -2.29. The molecule has 1 N–H and O–H groups in total. The Morgan fingerprint density at radius 2 is 1.75 bits per heavy atom. The first-order valence-corrected chi connectivity index (χ1v) is 8.70. The van der Waals surface area contributed by atoms with Crippen molar-refractivity contribution in [2.24, 2.45) is 5.92 Å². The largest absolute Gasteiger partial charge is 0.497 e. The van der Waals surface area contributed by atoms with Crippen molar-refractivity contribution in [3.8, 4) is 5.75 Å². The van der Waals surface area contributed by atoms with Crippen molar-refractivity contribution >= 4 is 5.91 Å². The van der Waals surface area contributed by atoms with E-state index in [-0.39, 0.29) is 17.2 Å². The number of benzene rings is 2. The first-order chi connectivity index (χ1) is 11.7. The third kappa shape index (κ3) is 2.58. The van der Waals surface area contributed by atoms with Gasteiger partial charge in [0.1, 0.15) is 5.75 Å². The Kier molecular flexibility index (Phi) is 3.79. The monoisotopic (exact) mass is 321 g/mol. The number of carbonyl (C=O) groups is 1. The van der Waals surface area contributed by atoms with E-state index in [1.54, 1.807) is 7.11 Å². The van der Waals surface area contributed by atoms with Gasteiger partial charge in [-0.3, -0.25) is 4.79 Å². The van der Waals surface area contributed by atoms with Gasteiger partial charge in [0, 0.05) is 12.0 Å². The van der Waals surface area contributed by atoms with E-state index < -0.39 is 0 Å². The lowest BCUT2D eigenvalue weighted by atomic mass is 9.66. The number of hydrogen-bond donors (Lipinski definition) is 1. The predicted molar refractivity (Wildman–Crippen MR) is 94.2 cm³/mol. The number of rotatable bonds is 4. The average Bonchev–Trinajstić information content (AvgIpc) is 3.49. The predicted octanol–water partition coefficient (Wildman–Crippen LogP) is 3.65. The number of methoxy groups -OCH3 is 1. The summed E-state index contributed by atoms with van der Waals surface area (Å²) >= 11 is 0. The second kappa shape index (κ2) is 5.97. The van der Waals surface area contributed by atoms with Crippen molar-refractivity contribution in [1.29, 1.82) is 0 Å². The lowest BCUT2D eigenvalue weighted by molar-refractivity contribution is -0.125. The maximum atomic E-state index is 12.6. The van der Waals surface area contributed by atoms with Gasteiger partial charge in [0.25, 0.3) is 0 Å². The van der Waals surface area contributed by atoms with Gasteiger partial charge in [-0.15, -0.1) is 0 Å². The molecule has 2 aromatic carbocycles. The van der Waals surface area contributed by atoms with E-state index in [4.69, 9.17) is 4.74 Å². The smallest absolute Gasteiger partial charge is 0.227 e. The van der Waals surface area contributed by atoms with Crippen LogP contribution in [0.2, 0.25) is 0 Å². The molecule has 4 rings (SSSR count). The molecule has 0 bridgehead atoms. The van der Waals surface area contributed by atoms with Crippen LogP contribution in [0, 0.1) is 5.92 Å². The topological polar surface area (TPSA) is 38.3 Å². The van der Waals surface area contributed by atoms with Gasteiger partial charge in [0.05, 0.1) is 13.0 Å². The van der Waals surface area contributed by atoms with Crippen LogP contribution in [0.3, 0.4) is 0 Å². The molecule has 1 aliphatic heterocycles. The number of carbonyl (C=O) groups excluding carboxylic acids is 1. The minimum atomic E-state index is -0.0922. The number of nitrogens with one attached hydrogen (secondary N) is 1. The molecule has 2 aliphatic rings. The molecule has 1 saturated carbocycles. The Bertz CT molecular complexity index is 721. The molecule has 0 aromatic heterocycles. The maximum Gasteiger partial charge on any atom is 0.227 e. The van der Waals surface area contributed by atoms with Gasteiger partial charge >= 0.3 is 0 Å². The fourth-order valence-corrected chi connectivity index (χ4v) is 4.18. The quantitative estimate of drug-likeness (QED) is 0.933. The van der Waals surface area contributed by atoms with Crippen molar-refractivity contribution in [1.82, 2.24) is 5.32 Å². The number of ether oxygens (including phenoxy) is 1. The standard InChI is InChI=1S/C21H23NO2/c1-24-18-11-7-15(8-12-18)19-13-21(17-9-10-17,14-22-20(19)23)16-5-3-2-4-6-16/h2-8,11-12,17,19H,9-10,13-14H2,1H3,(H,22,23). The highest BCUT2D eigenvalue weighted by Gasteiger charge is 2.51. The number of hydrogen-bond acceptors (Lipinski definition) is 2. The number of piperidine rings is 1. The average molecular weight is 321 g/mol. The molecule has 0 spiro atoms. The maximum absolute atomic E-state index is 12.6. The molecular formula is C21H23NO2. The highest BCUT2D eigenvalue weighted by atomic mass is 16.5. The van der Waals surface area contributed by atoms with Crippen LogP contribution in [0.5, 0.6) is 5.75 Å². The molecule has 1 amide bonds. The van der Waals surface area contributed by atoms with Gasteiger partial charge in [-0.25, -0.2) is 0 Å². The summed E-state index contributed by atoms with van der Waals surface area (Å²) in [5.74, 6) is 1.56. The zero-order valence-corrected chi connectivity index (χ0v) is 14.0. The van der Waals surface area contributed by atoms with Crippen molar-refractivity contribution in [3.63, 3.8) is 0 Å². The molecule has 1 aliphatic carbocycles. The normalized spacial score (nSPS) is 26.7. The molecule has 0 radical (unpaired) electrons. The van der Waals surface area contributed by atoms with Crippen LogP contribution in [0.25, 0.3) is 0 Å². The minimum Gasteiger partial charge on any atom is -0.497 e. The minimum absolute atomic E-state index is 0.0692. The van der Waals surface area contributed by atoms with E-state index in [1.165, 1.54) is 18.4 Å². The van der Waals surface area contributed by atoms with Gasteiger partial charge in [-0.1, -0.05) is 42.5 Å². The molecule has 2 unspecified atom stereocenters. The second-order valence-electron chi connectivity index (χ2n) is 7.04.